The van der Waals surface area contributed by atoms with E-state index in [0.29, 0.717) is 22.4 Å². The average molecular weight is 343 g/mol. The van der Waals surface area contributed by atoms with Crippen LogP contribution in [0.1, 0.15) is 5.56 Å². The molecule has 0 aliphatic heterocycles. The number of halogens is 3. The van der Waals surface area contributed by atoms with E-state index in [2.05, 4.69) is 15.4 Å². The summed E-state index contributed by atoms with van der Waals surface area (Å²) in [5.41, 5.74) is 1.71. The van der Waals surface area contributed by atoms with Crippen molar-refractivity contribution >= 4 is 34.6 Å². The fraction of sp³-hybridized carbons (Fsp3) is 0.133. The van der Waals surface area contributed by atoms with Gasteiger partial charge in [0.1, 0.15) is 5.75 Å². The van der Waals surface area contributed by atoms with Gasteiger partial charge in [-0.2, -0.15) is 8.78 Å². The molecule has 0 aliphatic carbocycles. The molecule has 2 N–H and O–H groups in total. The van der Waals surface area contributed by atoms with Crippen LogP contribution in [0.4, 0.5) is 14.5 Å². The van der Waals surface area contributed by atoms with Crippen molar-refractivity contribution in [3.63, 3.8) is 0 Å². The lowest BCUT2D eigenvalue weighted by atomic mass is 10.2. The Kier molecular flexibility index (Phi) is 5.91. The van der Waals surface area contributed by atoms with E-state index in [4.69, 9.17) is 23.8 Å². The van der Waals surface area contributed by atoms with E-state index in [1.165, 1.54) is 12.1 Å². The molecule has 2 rings (SSSR count). The molecule has 0 spiro atoms. The lowest BCUT2D eigenvalue weighted by molar-refractivity contribution is -0.0498. The fourth-order valence-electron chi connectivity index (χ4n) is 1.68. The van der Waals surface area contributed by atoms with E-state index >= 15 is 0 Å². The predicted octanol–water partition coefficient (Wildman–Crippen LogP) is 4.43. The van der Waals surface area contributed by atoms with E-state index in [-0.39, 0.29) is 5.75 Å². The Morgan fingerprint density at radius 2 is 1.73 bits per heavy atom. The minimum absolute atomic E-state index is 0.0978. The molecule has 2 aromatic rings. The quantitative estimate of drug-likeness (QED) is 0.788. The second-order valence-corrected chi connectivity index (χ2v) is 5.18. The minimum atomic E-state index is -2.83. The van der Waals surface area contributed by atoms with Crippen LogP contribution in [0.15, 0.2) is 48.5 Å². The van der Waals surface area contributed by atoms with Crippen LogP contribution < -0.4 is 15.4 Å². The summed E-state index contributed by atoms with van der Waals surface area (Å²) in [5.74, 6) is 0.0978. The van der Waals surface area contributed by atoms with Crippen LogP contribution in [0.3, 0.4) is 0 Å². The first-order chi connectivity index (χ1) is 10.5. The van der Waals surface area contributed by atoms with Crippen molar-refractivity contribution in [2.24, 2.45) is 0 Å². The Morgan fingerprint density at radius 1 is 1.09 bits per heavy atom. The van der Waals surface area contributed by atoms with Crippen LogP contribution in [0.5, 0.6) is 5.75 Å². The van der Waals surface area contributed by atoms with Crippen molar-refractivity contribution in [3.8, 4) is 5.75 Å². The van der Waals surface area contributed by atoms with Crippen LogP contribution in [0, 0.1) is 0 Å². The number of ether oxygens (including phenoxy) is 1. The molecule has 0 saturated carbocycles. The van der Waals surface area contributed by atoms with Crippen molar-refractivity contribution in [1.29, 1.82) is 0 Å². The summed E-state index contributed by atoms with van der Waals surface area (Å²) < 4.78 is 28.4. The number of rotatable bonds is 5. The van der Waals surface area contributed by atoms with Gasteiger partial charge in [0, 0.05) is 17.3 Å². The molecule has 116 valence electrons. The first kappa shape index (κ1) is 16.5. The third kappa shape index (κ3) is 5.46. The fourth-order valence-corrected chi connectivity index (χ4v) is 2.00. The summed E-state index contributed by atoms with van der Waals surface area (Å²) in [6, 6.07) is 13.5. The van der Waals surface area contributed by atoms with Gasteiger partial charge >= 0.3 is 6.61 Å². The highest BCUT2D eigenvalue weighted by atomic mass is 35.5. The average Bonchev–Trinajstić information content (AvgIpc) is 2.48. The largest absolute Gasteiger partial charge is 0.435 e. The summed E-state index contributed by atoms with van der Waals surface area (Å²) in [7, 11) is 0. The summed E-state index contributed by atoms with van der Waals surface area (Å²) in [6.45, 7) is -2.28. The Bertz CT molecular complexity index is 620. The predicted molar refractivity (Wildman–Crippen MR) is 87.6 cm³/mol. The number of thiocarbonyl (C=S) groups is 1. The lowest BCUT2D eigenvalue weighted by Crippen LogP contribution is -2.27. The van der Waals surface area contributed by atoms with Gasteiger partial charge in [-0.25, -0.2) is 0 Å². The highest BCUT2D eigenvalue weighted by Gasteiger charge is 2.04. The zero-order valence-electron chi connectivity index (χ0n) is 11.4. The second-order valence-electron chi connectivity index (χ2n) is 4.34. The molecule has 0 atom stereocenters. The molecule has 0 fully saturated rings. The minimum Gasteiger partial charge on any atom is -0.435 e. The third-order valence-electron chi connectivity index (χ3n) is 2.70. The highest BCUT2D eigenvalue weighted by Crippen LogP contribution is 2.17. The maximum absolute atomic E-state index is 12.0. The van der Waals surface area contributed by atoms with Crippen molar-refractivity contribution in [1.82, 2.24) is 5.32 Å². The molecule has 0 unspecified atom stereocenters. The number of benzene rings is 2. The topological polar surface area (TPSA) is 33.3 Å². The van der Waals surface area contributed by atoms with Crippen molar-refractivity contribution in [2.75, 3.05) is 5.32 Å². The van der Waals surface area contributed by atoms with Gasteiger partial charge < -0.3 is 15.4 Å². The molecule has 0 radical (unpaired) electrons. The molecule has 3 nitrogen and oxygen atoms in total. The van der Waals surface area contributed by atoms with Gasteiger partial charge in [0.25, 0.3) is 0 Å². The Morgan fingerprint density at radius 3 is 2.32 bits per heavy atom. The maximum Gasteiger partial charge on any atom is 0.387 e. The molecular weight excluding hydrogens is 330 g/mol. The van der Waals surface area contributed by atoms with Gasteiger partial charge in [-0.3, -0.25) is 0 Å². The molecule has 0 aromatic heterocycles. The molecule has 2 aromatic carbocycles. The number of hydrogen-bond donors (Lipinski definition) is 2. The number of nitrogens with one attached hydrogen (secondary N) is 2. The van der Waals surface area contributed by atoms with Gasteiger partial charge in [0.2, 0.25) is 0 Å². The maximum atomic E-state index is 12.0. The van der Waals surface area contributed by atoms with E-state index in [1.54, 1.807) is 24.3 Å². The van der Waals surface area contributed by atoms with Crippen LogP contribution in [0.2, 0.25) is 5.02 Å². The van der Waals surface area contributed by atoms with Crippen LogP contribution in [-0.4, -0.2) is 11.7 Å². The van der Waals surface area contributed by atoms with Gasteiger partial charge in [-0.1, -0.05) is 23.7 Å². The molecule has 0 aliphatic rings. The number of anilines is 1. The molecule has 22 heavy (non-hydrogen) atoms. The summed E-state index contributed by atoms with van der Waals surface area (Å²) in [6.07, 6.45) is 0. The summed E-state index contributed by atoms with van der Waals surface area (Å²) in [5, 5.41) is 7.10. The molecule has 0 amide bonds. The zero-order valence-corrected chi connectivity index (χ0v) is 12.9. The van der Waals surface area contributed by atoms with Crippen molar-refractivity contribution < 1.29 is 13.5 Å². The lowest BCUT2D eigenvalue weighted by Gasteiger charge is -2.11. The Hall–Kier alpha value is -1.92. The number of alkyl halides is 2. The SMILES string of the molecule is FC(F)Oc1ccc(NC(=S)NCc2ccc(Cl)cc2)cc1. The van der Waals surface area contributed by atoms with Crippen molar-refractivity contribution in [2.45, 2.75) is 13.2 Å². The molecule has 7 heteroatoms. The van der Waals surface area contributed by atoms with E-state index in [9.17, 15) is 8.78 Å². The Balaban J connectivity index is 1.82. The van der Waals surface area contributed by atoms with Crippen LogP contribution in [0.25, 0.3) is 0 Å². The first-order valence-corrected chi connectivity index (χ1v) is 7.16. The normalized spacial score (nSPS) is 10.4. The Labute approximate surface area is 137 Å². The van der Waals surface area contributed by atoms with Crippen LogP contribution in [-0.2, 0) is 6.54 Å². The summed E-state index contributed by atoms with van der Waals surface area (Å²) in [4.78, 5) is 0. The standard InChI is InChI=1S/C15H13ClF2N2OS/c16-11-3-1-10(2-4-11)9-19-15(22)20-12-5-7-13(8-6-12)21-14(17)18/h1-8,14H,9H2,(H2,19,20,22). The second kappa shape index (κ2) is 7.91. The molecule has 0 saturated heterocycles. The number of hydrogen-bond acceptors (Lipinski definition) is 2. The third-order valence-corrected chi connectivity index (χ3v) is 3.20. The van der Waals surface area contributed by atoms with E-state index in [0.717, 1.165) is 5.56 Å². The first-order valence-electron chi connectivity index (χ1n) is 6.37. The molecule has 0 bridgehead atoms. The smallest absolute Gasteiger partial charge is 0.387 e. The zero-order chi connectivity index (χ0) is 15.9. The molecule has 0 heterocycles. The van der Waals surface area contributed by atoms with Gasteiger partial charge in [0.15, 0.2) is 5.11 Å². The molecular formula is C15H13ClF2N2OS. The van der Waals surface area contributed by atoms with Gasteiger partial charge in [-0.15, -0.1) is 0 Å². The van der Waals surface area contributed by atoms with Gasteiger partial charge in [0.05, 0.1) is 0 Å². The summed E-state index contributed by atoms with van der Waals surface area (Å²) >= 11 is 11.0. The highest BCUT2D eigenvalue weighted by molar-refractivity contribution is 7.80. The van der Waals surface area contributed by atoms with Gasteiger partial charge in [-0.05, 0) is 54.2 Å². The monoisotopic (exact) mass is 342 g/mol. The van der Waals surface area contributed by atoms with E-state index in [1.807, 2.05) is 12.1 Å². The van der Waals surface area contributed by atoms with Crippen LogP contribution >= 0.6 is 23.8 Å². The van der Waals surface area contributed by atoms with Crippen molar-refractivity contribution in [3.05, 3.63) is 59.1 Å². The van der Waals surface area contributed by atoms with E-state index < -0.39 is 6.61 Å².